The van der Waals surface area contributed by atoms with Crippen molar-refractivity contribution >= 4 is 17.2 Å². The molecule has 1 aliphatic rings. The lowest BCUT2D eigenvalue weighted by molar-refractivity contribution is 0.0556. The number of aliphatic hydroxyl groups is 1. The van der Waals surface area contributed by atoms with E-state index in [1.54, 1.807) is 25.1 Å². The van der Waals surface area contributed by atoms with Crippen LogP contribution >= 0.6 is 11.3 Å². The van der Waals surface area contributed by atoms with Gasteiger partial charge in [-0.2, -0.15) is 0 Å². The lowest BCUT2D eigenvalue weighted by atomic mass is 10.0. The van der Waals surface area contributed by atoms with Gasteiger partial charge in [-0.05, 0) is 36.6 Å². The van der Waals surface area contributed by atoms with Crippen molar-refractivity contribution < 1.29 is 19.4 Å². The Kier molecular flexibility index (Phi) is 3.57. The SMILES string of the molecule is CC(O)(CNC(=O)c1ccc2c(c1)OCO2)c1cccs1. The van der Waals surface area contributed by atoms with E-state index < -0.39 is 5.60 Å². The van der Waals surface area contributed by atoms with E-state index >= 15 is 0 Å². The molecule has 0 bridgehead atoms. The molecule has 1 unspecified atom stereocenters. The highest BCUT2D eigenvalue weighted by atomic mass is 32.1. The van der Waals surface area contributed by atoms with E-state index in [1.807, 2.05) is 17.5 Å². The summed E-state index contributed by atoms with van der Waals surface area (Å²) in [5.74, 6) is 0.940. The molecule has 0 radical (unpaired) electrons. The standard InChI is InChI=1S/C15H15NO4S/c1-15(18,13-3-2-6-21-13)8-16-14(17)10-4-5-11-12(7-10)20-9-19-11/h2-7,18H,8-9H2,1H3,(H,16,17). The highest BCUT2D eigenvalue weighted by Gasteiger charge is 2.25. The summed E-state index contributed by atoms with van der Waals surface area (Å²) in [6.45, 7) is 1.99. The van der Waals surface area contributed by atoms with Gasteiger partial charge in [-0.1, -0.05) is 6.07 Å². The molecule has 0 saturated carbocycles. The molecule has 110 valence electrons. The third-order valence-corrected chi connectivity index (χ3v) is 4.40. The number of ether oxygens (including phenoxy) is 2. The van der Waals surface area contributed by atoms with Gasteiger partial charge in [0.25, 0.3) is 5.91 Å². The normalized spacial score (nSPS) is 15.5. The Morgan fingerprint density at radius 3 is 2.95 bits per heavy atom. The Morgan fingerprint density at radius 2 is 2.19 bits per heavy atom. The fourth-order valence-corrected chi connectivity index (χ4v) is 2.85. The van der Waals surface area contributed by atoms with Crippen LogP contribution in [0.1, 0.15) is 22.2 Å². The summed E-state index contributed by atoms with van der Waals surface area (Å²) in [4.78, 5) is 13.0. The number of thiophene rings is 1. The van der Waals surface area contributed by atoms with Crippen molar-refractivity contribution in [2.45, 2.75) is 12.5 Å². The van der Waals surface area contributed by atoms with Gasteiger partial charge in [-0.15, -0.1) is 11.3 Å². The van der Waals surface area contributed by atoms with Gasteiger partial charge < -0.3 is 19.9 Å². The minimum atomic E-state index is -1.08. The minimum Gasteiger partial charge on any atom is -0.454 e. The van der Waals surface area contributed by atoms with E-state index in [-0.39, 0.29) is 19.2 Å². The quantitative estimate of drug-likeness (QED) is 0.908. The van der Waals surface area contributed by atoms with Crippen molar-refractivity contribution in [1.82, 2.24) is 5.32 Å². The number of nitrogens with one attached hydrogen (secondary N) is 1. The number of carbonyl (C=O) groups is 1. The second kappa shape index (κ2) is 5.38. The van der Waals surface area contributed by atoms with Gasteiger partial charge in [0.15, 0.2) is 11.5 Å². The first-order valence-electron chi connectivity index (χ1n) is 6.50. The van der Waals surface area contributed by atoms with Crippen LogP contribution in [0.2, 0.25) is 0 Å². The third kappa shape index (κ3) is 2.86. The summed E-state index contributed by atoms with van der Waals surface area (Å²) >= 11 is 1.46. The molecule has 0 saturated heterocycles. The van der Waals surface area contributed by atoms with E-state index in [4.69, 9.17) is 9.47 Å². The molecule has 0 aliphatic carbocycles. The first kappa shape index (κ1) is 13.9. The summed E-state index contributed by atoms with van der Waals surface area (Å²) in [5, 5.41) is 15.0. The lowest BCUT2D eigenvalue weighted by Gasteiger charge is -2.22. The van der Waals surface area contributed by atoms with Crippen LogP contribution in [0.4, 0.5) is 0 Å². The number of benzene rings is 1. The molecule has 1 amide bonds. The molecule has 1 atom stereocenters. The van der Waals surface area contributed by atoms with Gasteiger partial charge in [0, 0.05) is 10.4 Å². The molecular formula is C15H15NO4S. The Morgan fingerprint density at radius 1 is 1.38 bits per heavy atom. The van der Waals surface area contributed by atoms with Gasteiger partial charge in [0.05, 0.1) is 6.54 Å². The van der Waals surface area contributed by atoms with E-state index in [2.05, 4.69) is 5.32 Å². The maximum Gasteiger partial charge on any atom is 0.251 e. The van der Waals surface area contributed by atoms with Gasteiger partial charge in [0.1, 0.15) is 5.60 Å². The topological polar surface area (TPSA) is 67.8 Å². The molecule has 0 spiro atoms. The van der Waals surface area contributed by atoms with Crippen molar-refractivity contribution in [2.75, 3.05) is 13.3 Å². The zero-order valence-electron chi connectivity index (χ0n) is 11.5. The molecular weight excluding hydrogens is 290 g/mol. The summed E-state index contributed by atoms with van der Waals surface area (Å²) < 4.78 is 10.4. The molecule has 2 N–H and O–H groups in total. The summed E-state index contributed by atoms with van der Waals surface area (Å²) in [7, 11) is 0. The number of amides is 1. The predicted molar refractivity (Wildman–Crippen MR) is 78.8 cm³/mol. The molecule has 5 nitrogen and oxygen atoms in total. The van der Waals surface area contributed by atoms with Crippen LogP contribution in [0.5, 0.6) is 11.5 Å². The maximum atomic E-state index is 12.1. The first-order valence-corrected chi connectivity index (χ1v) is 7.38. The predicted octanol–water partition coefficient (Wildman–Crippen LogP) is 2.11. The van der Waals surface area contributed by atoms with Crippen LogP contribution in [-0.4, -0.2) is 24.4 Å². The average Bonchev–Trinajstić information content (AvgIpc) is 3.14. The largest absolute Gasteiger partial charge is 0.454 e. The fourth-order valence-electron chi connectivity index (χ4n) is 2.06. The molecule has 1 aromatic carbocycles. The Labute approximate surface area is 126 Å². The van der Waals surface area contributed by atoms with Crippen LogP contribution < -0.4 is 14.8 Å². The van der Waals surface area contributed by atoms with Gasteiger partial charge in [-0.3, -0.25) is 4.79 Å². The van der Waals surface area contributed by atoms with Crippen LogP contribution in [0.3, 0.4) is 0 Å². The maximum absolute atomic E-state index is 12.1. The zero-order valence-corrected chi connectivity index (χ0v) is 12.3. The second-order valence-electron chi connectivity index (χ2n) is 5.00. The lowest BCUT2D eigenvalue weighted by Crippen LogP contribution is -2.38. The number of fused-ring (bicyclic) bond motifs is 1. The smallest absolute Gasteiger partial charge is 0.251 e. The second-order valence-corrected chi connectivity index (χ2v) is 5.95. The molecule has 2 heterocycles. The molecule has 0 fully saturated rings. The van der Waals surface area contributed by atoms with Crippen molar-refractivity contribution in [3.63, 3.8) is 0 Å². The molecule has 3 rings (SSSR count). The molecule has 6 heteroatoms. The van der Waals surface area contributed by atoms with Crippen molar-refractivity contribution in [3.05, 3.63) is 46.2 Å². The first-order chi connectivity index (χ1) is 10.1. The molecule has 1 aliphatic heterocycles. The van der Waals surface area contributed by atoms with Crippen LogP contribution in [0, 0.1) is 0 Å². The number of hydrogen-bond donors (Lipinski definition) is 2. The average molecular weight is 305 g/mol. The van der Waals surface area contributed by atoms with Crippen molar-refractivity contribution in [1.29, 1.82) is 0 Å². The Bertz CT molecular complexity index is 652. The third-order valence-electron chi connectivity index (χ3n) is 3.28. The summed E-state index contributed by atoms with van der Waals surface area (Å²) in [6.07, 6.45) is 0. The monoisotopic (exact) mass is 305 g/mol. The Hall–Kier alpha value is -2.05. The highest BCUT2D eigenvalue weighted by molar-refractivity contribution is 7.10. The minimum absolute atomic E-state index is 0.140. The summed E-state index contributed by atoms with van der Waals surface area (Å²) in [5.41, 5.74) is -0.610. The van der Waals surface area contributed by atoms with E-state index in [1.165, 1.54) is 11.3 Å². The number of hydrogen-bond acceptors (Lipinski definition) is 5. The fraction of sp³-hybridized carbons (Fsp3) is 0.267. The van der Waals surface area contributed by atoms with Crippen molar-refractivity contribution in [3.8, 4) is 11.5 Å². The zero-order chi connectivity index (χ0) is 14.9. The summed E-state index contributed by atoms with van der Waals surface area (Å²) in [6, 6.07) is 8.72. The number of rotatable bonds is 4. The van der Waals surface area contributed by atoms with Gasteiger partial charge >= 0.3 is 0 Å². The molecule has 21 heavy (non-hydrogen) atoms. The molecule has 1 aromatic heterocycles. The van der Waals surface area contributed by atoms with Gasteiger partial charge in [-0.25, -0.2) is 0 Å². The van der Waals surface area contributed by atoms with Crippen LogP contribution in [0.25, 0.3) is 0 Å². The van der Waals surface area contributed by atoms with E-state index in [0.29, 0.717) is 17.1 Å². The van der Waals surface area contributed by atoms with E-state index in [0.717, 1.165) is 4.88 Å². The van der Waals surface area contributed by atoms with Gasteiger partial charge in [0.2, 0.25) is 6.79 Å². The van der Waals surface area contributed by atoms with Crippen LogP contribution in [0.15, 0.2) is 35.7 Å². The van der Waals surface area contributed by atoms with Crippen molar-refractivity contribution in [2.24, 2.45) is 0 Å². The van der Waals surface area contributed by atoms with E-state index in [9.17, 15) is 9.90 Å². The Balaban J connectivity index is 1.67. The number of carbonyl (C=O) groups excluding carboxylic acids is 1. The molecule has 2 aromatic rings. The van der Waals surface area contributed by atoms with Crippen LogP contribution in [-0.2, 0) is 5.60 Å². The highest BCUT2D eigenvalue weighted by Crippen LogP contribution is 2.32.